The first-order valence-electron chi connectivity index (χ1n) is 9.07. The van der Waals surface area contributed by atoms with E-state index in [1.165, 1.54) is 6.07 Å². The predicted molar refractivity (Wildman–Crippen MR) is 117 cm³/mol. The van der Waals surface area contributed by atoms with Crippen molar-refractivity contribution >= 4 is 46.2 Å². The Labute approximate surface area is 180 Å². The molecule has 0 aromatic heterocycles. The Kier molecular flexibility index (Phi) is 7.88. The normalized spacial score (nSPS) is 14.7. The molecular weight excluding hydrogens is 420 g/mol. The average Bonchev–Trinajstić information content (AvgIpc) is 2.70. The lowest BCUT2D eigenvalue weighted by atomic mass is 10.2. The molecule has 0 spiro atoms. The van der Waals surface area contributed by atoms with Crippen molar-refractivity contribution in [1.82, 2.24) is 9.80 Å². The quantitative estimate of drug-likeness (QED) is 0.657. The molecule has 28 heavy (non-hydrogen) atoms. The summed E-state index contributed by atoms with van der Waals surface area (Å²) in [4.78, 5) is 4.26. The van der Waals surface area contributed by atoms with Gasteiger partial charge in [-0.1, -0.05) is 41.4 Å². The van der Waals surface area contributed by atoms with E-state index in [9.17, 15) is 4.39 Å². The number of morpholine rings is 1. The second-order valence-electron chi connectivity index (χ2n) is 6.52. The fourth-order valence-electron chi connectivity index (χ4n) is 2.96. The van der Waals surface area contributed by atoms with Crippen LogP contribution in [0.3, 0.4) is 0 Å². The first-order valence-corrected chi connectivity index (χ1v) is 10.2. The highest BCUT2D eigenvalue weighted by Crippen LogP contribution is 2.26. The molecule has 0 bridgehead atoms. The lowest BCUT2D eigenvalue weighted by Gasteiger charge is -2.31. The zero-order chi connectivity index (χ0) is 19.9. The van der Waals surface area contributed by atoms with Gasteiger partial charge in [0.2, 0.25) is 0 Å². The molecule has 1 aliphatic rings. The number of nitrogens with zero attached hydrogens (tertiary/aromatic N) is 2. The maximum Gasteiger partial charge on any atom is 0.173 e. The van der Waals surface area contributed by atoms with Gasteiger partial charge in [0, 0.05) is 43.3 Å². The topological polar surface area (TPSA) is 27.7 Å². The van der Waals surface area contributed by atoms with Crippen LogP contribution in [0.2, 0.25) is 10.0 Å². The van der Waals surface area contributed by atoms with Crippen LogP contribution < -0.4 is 5.32 Å². The lowest BCUT2D eigenvalue weighted by Crippen LogP contribution is -2.44. The van der Waals surface area contributed by atoms with Gasteiger partial charge in [0.25, 0.3) is 0 Å². The Bertz CT molecular complexity index is 818. The zero-order valence-electron chi connectivity index (χ0n) is 15.3. The number of rotatable bonds is 6. The number of benzene rings is 2. The van der Waals surface area contributed by atoms with Crippen molar-refractivity contribution in [3.63, 3.8) is 0 Å². The van der Waals surface area contributed by atoms with Gasteiger partial charge in [0.05, 0.1) is 23.9 Å². The van der Waals surface area contributed by atoms with E-state index in [4.69, 9.17) is 40.2 Å². The Hall–Kier alpha value is -1.44. The molecule has 3 rings (SSSR count). The third kappa shape index (κ3) is 6.03. The summed E-state index contributed by atoms with van der Waals surface area (Å²) in [5.74, 6) is -0.248. The minimum Gasteiger partial charge on any atom is -0.379 e. The number of nitrogens with one attached hydrogen (secondary N) is 1. The van der Waals surface area contributed by atoms with Crippen LogP contribution in [-0.2, 0) is 11.3 Å². The van der Waals surface area contributed by atoms with Gasteiger partial charge < -0.3 is 15.0 Å². The number of anilines is 1. The Morgan fingerprint density at radius 3 is 2.68 bits per heavy atom. The summed E-state index contributed by atoms with van der Waals surface area (Å²) >= 11 is 17.9. The standard InChI is InChI=1S/C20H22Cl2FN3OS/c21-16-5-6-17(22)19(13-16)24-20(28)26(8-7-25-9-11-27-12-10-25)14-15-3-1-2-4-18(15)23/h1-6,13H,7-12,14H2,(H,24,28). The fourth-order valence-corrected chi connectivity index (χ4v) is 3.56. The molecule has 4 nitrogen and oxygen atoms in total. The maximum atomic E-state index is 14.2. The molecule has 0 saturated carbocycles. The first kappa shape index (κ1) is 21.3. The molecule has 2 aromatic carbocycles. The third-order valence-electron chi connectivity index (χ3n) is 4.57. The summed E-state index contributed by atoms with van der Waals surface area (Å²) in [5.41, 5.74) is 1.22. The summed E-state index contributed by atoms with van der Waals surface area (Å²) < 4.78 is 19.6. The van der Waals surface area contributed by atoms with Crippen molar-refractivity contribution in [2.75, 3.05) is 44.7 Å². The average molecular weight is 442 g/mol. The van der Waals surface area contributed by atoms with E-state index >= 15 is 0 Å². The van der Waals surface area contributed by atoms with E-state index in [0.717, 1.165) is 32.8 Å². The molecule has 150 valence electrons. The smallest absolute Gasteiger partial charge is 0.173 e. The highest BCUT2D eigenvalue weighted by Gasteiger charge is 2.17. The van der Waals surface area contributed by atoms with Crippen molar-refractivity contribution in [3.8, 4) is 0 Å². The molecule has 0 aliphatic carbocycles. The van der Waals surface area contributed by atoms with Crippen molar-refractivity contribution < 1.29 is 9.13 Å². The van der Waals surface area contributed by atoms with Gasteiger partial charge in [0.15, 0.2) is 5.11 Å². The Balaban J connectivity index is 1.72. The number of thiocarbonyl (C=S) groups is 1. The predicted octanol–water partition coefficient (Wildman–Crippen LogP) is 4.66. The Morgan fingerprint density at radius 2 is 1.93 bits per heavy atom. The van der Waals surface area contributed by atoms with Crippen LogP contribution in [0, 0.1) is 5.82 Å². The molecule has 1 heterocycles. The maximum absolute atomic E-state index is 14.2. The van der Waals surface area contributed by atoms with Gasteiger partial charge >= 0.3 is 0 Å². The molecule has 0 radical (unpaired) electrons. The molecule has 1 saturated heterocycles. The minimum absolute atomic E-state index is 0.248. The van der Waals surface area contributed by atoms with Crippen LogP contribution in [0.25, 0.3) is 0 Å². The van der Waals surface area contributed by atoms with E-state index in [-0.39, 0.29) is 5.82 Å². The van der Waals surface area contributed by atoms with Crippen LogP contribution >= 0.6 is 35.4 Å². The van der Waals surface area contributed by atoms with Crippen molar-refractivity contribution in [2.45, 2.75) is 6.54 Å². The van der Waals surface area contributed by atoms with Crippen LogP contribution in [0.4, 0.5) is 10.1 Å². The second kappa shape index (κ2) is 10.4. The SMILES string of the molecule is Fc1ccccc1CN(CCN1CCOCC1)C(=S)Nc1cc(Cl)ccc1Cl. The van der Waals surface area contributed by atoms with E-state index in [0.29, 0.717) is 39.5 Å². The summed E-state index contributed by atoms with van der Waals surface area (Å²) in [6.45, 7) is 5.05. The summed E-state index contributed by atoms with van der Waals surface area (Å²) in [6, 6.07) is 11.9. The van der Waals surface area contributed by atoms with E-state index in [1.54, 1.807) is 30.3 Å². The highest BCUT2D eigenvalue weighted by atomic mass is 35.5. The van der Waals surface area contributed by atoms with Gasteiger partial charge in [-0.3, -0.25) is 4.90 Å². The number of hydrogen-bond donors (Lipinski definition) is 1. The number of hydrogen-bond acceptors (Lipinski definition) is 3. The summed E-state index contributed by atoms with van der Waals surface area (Å²) in [6.07, 6.45) is 0. The van der Waals surface area contributed by atoms with Crippen LogP contribution in [0.1, 0.15) is 5.56 Å². The molecule has 1 N–H and O–H groups in total. The summed E-state index contributed by atoms with van der Waals surface area (Å²) in [7, 11) is 0. The highest BCUT2D eigenvalue weighted by molar-refractivity contribution is 7.80. The molecule has 0 atom stereocenters. The van der Waals surface area contributed by atoms with Gasteiger partial charge in [-0.25, -0.2) is 4.39 Å². The van der Waals surface area contributed by atoms with Crippen molar-refractivity contribution in [2.24, 2.45) is 0 Å². The zero-order valence-corrected chi connectivity index (χ0v) is 17.7. The van der Waals surface area contributed by atoms with Gasteiger partial charge in [-0.15, -0.1) is 0 Å². The van der Waals surface area contributed by atoms with Crippen LogP contribution in [0.15, 0.2) is 42.5 Å². The van der Waals surface area contributed by atoms with Gasteiger partial charge in [0.1, 0.15) is 5.82 Å². The van der Waals surface area contributed by atoms with Gasteiger partial charge in [-0.2, -0.15) is 0 Å². The lowest BCUT2D eigenvalue weighted by molar-refractivity contribution is 0.0358. The van der Waals surface area contributed by atoms with Crippen LogP contribution in [-0.4, -0.2) is 54.3 Å². The largest absolute Gasteiger partial charge is 0.379 e. The molecule has 0 unspecified atom stereocenters. The molecule has 8 heteroatoms. The van der Waals surface area contributed by atoms with Crippen LogP contribution in [0.5, 0.6) is 0 Å². The Morgan fingerprint density at radius 1 is 1.18 bits per heavy atom. The minimum atomic E-state index is -0.248. The second-order valence-corrected chi connectivity index (χ2v) is 7.75. The molecule has 1 fully saturated rings. The number of ether oxygens (including phenoxy) is 1. The first-order chi connectivity index (χ1) is 13.5. The third-order valence-corrected chi connectivity index (χ3v) is 5.49. The van der Waals surface area contributed by atoms with E-state index in [2.05, 4.69) is 10.2 Å². The molecule has 2 aromatic rings. The monoisotopic (exact) mass is 441 g/mol. The van der Waals surface area contributed by atoms with E-state index in [1.807, 2.05) is 11.0 Å². The van der Waals surface area contributed by atoms with Crippen molar-refractivity contribution in [3.05, 3.63) is 63.9 Å². The van der Waals surface area contributed by atoms with E-state index < -0.39 is 0 Å². The molecule has 1 aliphatic heterocycles. The summed E-state index contributed by atoms with van der Waals surface area (Å²) in [5, 5.41) is 4.70. The number of halogens is 3. The molecular formula is C20H22Cl2FN3OS. The van der Waals surface area contributed by atoms with Crippen molar-refractivity contribution in [1.29, 1.82) is 0 Å². The van der Waals surface area contributed by atoms with Gasteiger partial charge in [-0.05, 0) is 36.5 Å². The molecule has 0 amide bonds. The fraction of sp³-hybridized carbons (Fsp3) is 0.350.